The number of aromatic nitrogens is 2. The molecule has 0 spiro atoms. The Kier molecular flexibility index (Phi) is 7.45. The minimum Gasteiger partial charge on any atom is -0.378 e. The van der Waals surface area contributed by atoms with Gasteiger partial charge in [-0.25, -0.2) is 4.68 Å². The lowest BCUT2D eigenvalue weighted by Gasteiger charge is -2.28. The molecule has 2 aromatic carbocycles. The number of hydrogen-bond acceptors (Lipinski definition) is 6. The molecule has 35 heavy (non-hydrogen) atoms. The second-order valence-electron chi connectivity index (χ2n) is 9.13. The van der Waals surface area contributed by atoms with Gasteiger partial charge >= 0.3 is 0 Å². The van der Waals surface area contributed by atoms with Crippen LogP contribution in [0.2, 0.25) is 0 Å². The molecule has 184 valence electrons. The van der Waals surface area contributed by atoms with Crippen molar-refractivity contribution in [3.8, 4) is 0 Å². The van der Waals surface area contributed by atoms with Crippen LogP contribution >= 0.6 is 0 Å². The fraction of sp³-hybridized carbons (Fsp3) is 0.385. The summed E-state index contributed by atoms with van der Waals surface area (Å²) >= 11 is 0. The third-order valence-corrected chi connectivity index (χ3v) is 5.86. The van der Waals surface area contributed by atoms with E-state index in [1.807, 2.05) is 38.1 Å². The van der Waals surface area contributed by atoms with Crippen LogP contribution in [0.25, 0.3) is 10.8 Å². The topological polar surface area (TPSA) is 96.8 Å². The number of ether oxygens (including phenoxy) is 1. The molecule has 2 heterocycles. The third-order valence-electron chi connectivity index (χ3n) is 5.86. The van der Waals surface area contributed by atoms with Crippen molar-refractivity contribution < 1.29 is 14.3 Å². The highest BCUT2D eigenvalue weighted by molar-refractivity contribution is 6.06. The average Bonchev–Trinajstić information content (AvgIpc) is 2.86. The number of anilines is 2. The number of hydrogen-bond donors (Lipinski definition) is 1. The summed E-state index contributed by atoms with van der Waals surface area (Å²) < 4.78 is 6.72. The Balaban J connectivity index is 1.46. The lowest BCUT2D eigenvalue weighted by Crippen LogP contribution is -2.37. The largest absolute Gasteiger partial charge is 0.378 e. The number of carbonyl (C=O) groups excluding carboxylic acids is 2. The van der Waals surface area contributed by atoms with E-state index in [0.29, 0.717) is 36.2 Å². The van der Waals surface area contributed by atoms with Gasteiger partial charge in [-0.15, -0.1) is 0 Å². The summed E-state index contributed by atoms with van der Waals surface area (Å²) in [5.41, 5.74) is 1.66. The van der Waals surface area contributed by atoms with Gasteiger partial charge in [0.15, 0.2) is 5.69 Å². The van der Waals surface area contributed by atoms with Gasteiger partial charge in [0.25, 0.3) is 11.5 Å². The average molecular weight is 478 g/mol. The van der Waals surface area contributed by atoms with Crippen LogP contribution in [-0.4, -0.2) is 66.4 Å². The van der Waals surface area contributed by atoms with E-state index in [2.05, 4.69) is 15.3 Å². The van der Waals surface area contributed by atoms with E-state index in [1.165, 1.54) is 9.58 Å². The minimum absolute atomic E-state index is 0.149. The van der Waals surface area contributed by atoms with E-state index in [0.717, 1.165) is 18.8 Å². The van der Waals surface area contributed by atoms with Gasteiger partial charge in [-0.2, -0.15) is 5.10 Å². The summed E-state index contributed by atoms with van der Waals surface area (Å²) in [4.78, 5) is 42.3. The molecule has 4 rings (SSSR count). The Hall–Kier alpha value is -3.72. The smallest absolute Gasteiger partial charge is 0.275 e. The molecule has 1 aliphatic rings. The Morgan fingerprint density at radius 2 is 1.71 bits per heavy atom. The van der Waals surface area contributed by atoms with Gasteiger partial charge in [0, 0.05) is 43.4 Å². The van der Waals surface area contributed by atoms with E-state index in [4.69, 9.17) is 4.74 Å². The summed E-state index contributed by atoms with van der Waals surface area (Å²) in [7, 11) is 1.55. The molecular formula is C26H31N5O4. The van der Waals surface area contributed by atoms with Crippen LogP contribution in [0.4, 0.5) is 11.4 Å². The molecule has 2 amide bonds. The Morgan fingerprint density at radius 3 is 2.37 bits per heavy atom. The molecule has 0 saturated carbocycles. The second kappa shape index (κ2) is 10.7. The molecule has 0 atom stereocenters. The van der Waals surface area contributed by atoms with Crippen LogP contribution in [0.15, 0.2) is 53.3 Å². The van der Waals surface area contributed by atoms with E-state index >= 15 is 0 Å². The molecule has 1 aromatic heterocycles. The summed E-state index contributed by atoms with van der Waals surface area (Å²) in [5.74, 6) is -0.557. The normalized spacial score (nSPS) is 13.8. The quantitative estimate of drug-likeness (QED) is 0.562. The number of nitrogens with one attached hydrogen (secondary N) is 1. The lowest BCUT2D eigenvalue weighted by atomic mass is 10.1. The van der Waals surface area contributed by atoms with Crippen molar-refractivity contribution in [3.05, 3.63) is 64.6 Å². The van der Waals surface area contributed by atoms with Crippen molar-refractivity contribution in [2.24, 2.45) is 5.92 Å². The minimum atomic E-state index is -0.420. The molecule has 0 radical (unpaired) electrons. The van der Waals surface area contributed by atoms with Gasteiger partial charge in [-0.1, -0.05) is 32.0 Å². The maximum absolute atomic E-state index is 13.3. The predicted octanol–water partition coefficient (Wildman–Crippen LogP) is 2.60. The van der Waals surface area contributed by atoms with Gasteiger partial charge in [0.1, 0.15) is 0 Å². The summed E-state index contributed by atoms with van der Waals surface area (Å²) in [6.45, 7) is 7.30. The first-order chi connectivity index (χ1) is 16.8. The molecule has 0 aliphatic carbocycles. The van der Waals surface area contributed by atoms with Crippen LogP contribution in [0, 0.1) is 5.92 Å². The zero-order valence-electron chi connectivity index (χ0n) is 20.4. The molecule has 1 N–H and O–H groups in total. The summed E-state index contributed by atoms with van der Waals surface area (Å²) in [5, 5.41) is 8.13. The Labute approximate surface area is 204 Å². The van der Waals surface area contributed by atoms with Gasteiger partial charge in [0.05, 0.1) is 25.1 Å². The maximum Gasteiger partial charge on any atom is 0.275 e. The maximum atomic E-state index is 13.3. The molecule has 0 bridgehead atoms. The van der Waals surface area contributed by atoms with Gasteiger partial charge in [0.2, 0.25) is 5.91 Å². The summed E-state index contributed by atoms with van der Waals surface area (Å²) in [6.07, 6.45) is 0. The van der Waals surface area contributed by atoms with Crippen molar-refractivity contribution in [1.29, 1.82) is 0 Å². The predicted molar refractivity (Wildman–Crippen MR) is 136 cm³/mol. The van der Waals surface area contributed by atoms with E-state index in [9.17, 15) is 14.4 Å². The van der Waals surface area contributed by atoms with E-state index in [1.54, 1.807) is 31.3 Å². The van der Waals surface area contributed by atoms with Crippen molar-refractivity contribution in [2.75, 3.05) is 50.1 Å². The number of fused-ring (bicyclic) bond motifs is 1. The van der Waals surface area contributed by atoms with Gasteiger partial charge < -0.3 is 19.9 Å². The number of likely N-dealkylation sites (N-methyl/N-ethyl adjacent to an activating group) is 1. The number of amides is 2. The zero-order chi connectivity index (χ0) is 24.9. The molecule has 1 saturated heterocycles. The van der Waals surface area contributed by atoms with Crippen molar-refractivity contribution in [3.63, 3.8) is 0 Å². The second-order valence-corrected chi connectivity index (χ2v) is 9.13. The van der Waals surface area contributed by atoms with Crippen molar-refractivity contribution in [1.82, 2.24) is 14.7 Å². The van der Waals surface area contributed by atoms with Crippen molar-refractivity contribution in [2.45, 2.75) is 20.4 Å². The van der Waals surface area contributed by atoms with Crippen LogP contribution in [-0.2, 0) is 16.1 Å². The SMILES string of the molecule is CC(C)Cn1nc(C(=O)N(C)CC(=O)Nc2ccc(N3CCOCC3)cc2)c2ccccc2c1=O. The summed E-state index contributed by atoms with van der Waals surface area (Å²) in [6, 6.07) is 14.6. The molecule has 0 unspecified atom stereocenters. The van der Waals surface area contributed by atoms with Crippen LogP contribution in [0.3, 0.4) is 0 Å². The number of rotatable bonds is 7. The monoisotopic (exact) mass is 477 g/mol. The van der Waals surface area contributed by atoms with Crippen LogP contribution < -0.4 is 15.8 Å². The first kappa shape index (κ1) is 24.4. The number of nitrogens with zero attached hydrogens (tertiary/aromatic N) is 4. The van der Waals surface area contributed by atoms with Gasteiger partial charge in [-0.3, -0.25) is 14.4 Å². The number of benzene rings is 2. The number of morpholine rings is 1. The first-order valence-corrected chi connectivity index (χ1v) is 11.8. The number of carbonyl (C=O) groups is 2. The lowest BCUT2D eigenvalue weighted by molar-refractivity contribution is -0.116. The molecule has 1 aliphatic heterocycles. The highest BCUT2D eigenvalue weighted by Crippen LogP contribution is 2.19. The van der Waals surface area contributed by atoms with E-state index in [-0.39, 0.29) is 29.6 Å². The van der Waals surface area contributed by atoms with Crippen LogP contribution in [0.1, 0.15) is 24.3 Å². The zero-order valence-corrected chi connectivity index (χ0v) is 20.4. The molecule has 9 nitrogen and oxygen atoms in total. The fourth-order valence-electron chi connectivity index (χ4n) is 4.11. The Bertz CT molecular complexity index is 1260. The molecule has 1 fully saturated rings. The van der Waals surface area contributed by atoms with Crippen molar-refractivity contribution >= 4 is 34.0 Å². The fourth-order valence-corrected chi connectivity index (χ4v) is 4.11. The third kappa shape index (κ3) is 5.68. The highest BCUT2D eigenvalue weighted by Gasteiger charge is 2.22. The van der Waals surface area contributed by atoms with Gasteiger partial charge in [-0.05, 0) is 36.2 Å². The standard InChI is InChI=1S/C26H31N5O4/c1-18(2)16-31-25(33)22-7-5-4-6-21(22)24(28-31)26(34)29(3)17-23(32)27-19-8-10-20(11-9-19)30-12-14-35-15-13-30/h4-11,18H,12-17H2,1-3H3,(H,27,32). The van der Waals surface area contributed by atoms with E-state index < -0.39 is 5.91 Å². The highest BCUT2D eigenvalue weighted by atomic mass is 16.5. The molecule has 3 aromatic rings. The first-order valence-electron chi connectivity index (χ1n) is 11.8. The Morgan fingerprint density at radius 1 is 1.06 bits per heavy atom. The molecule has 9 heteroatoms. The molecular weight excluding hydrogens is 446 g/mol. The van der Waals surface area contributed by atoms with Crippen LogP contribution in [0.5, 0.6) is 0 Å².